The number of nitrogens with one attached hydrogen (secondary N) is 1. The monoisotopic (exact) mass is 389 g/mol. The third-order valence-electron chi connectivity index (χ3n) is 4.28. The smallest absolute Gasteiger partial charge is 0.271 e. The largest absolute Gasteiger partial charge is 0.324 e. The molecule has 3 rings (SSSR count). The summed E-state index contributed by atoms with van der Waals surface area (Å²) in [5.74, 6) is -1.56. The molecule has 27 heavy (non-hydrogen) atoms. The van der Waals surface area contributed by atoms with E-state index in [1.807, 2.05) is 0 Å². The van der Waals surface area contributed by atoms with Gasteiger partial charge >= 0.3 is 0 Å². The number of amides is 2. The lowest BCUT2D eigenvalue weighted by molar-refractivity contribution is -0.384. The zero-order valence-corrected chi connectivity index (χ0v) is 15.2. The Hall–Kier alpha value is -3.27. The van der Waals surface area contributed by atoms with Crippen molar-refractivity contribution >= 4 is 33.2 Å². The van der Waals surface area contributed by atoms with Gasteiger partial charge in [-0.05, 0) is 31.5 Å². The fraction of sp³-hybridized carbons (Fsp3) is 0.176. The van der Waals surface area contributed by atoms with Crippen LogP contribution in [0.25, 0.3) is 0 Å². The lowest BCUT2D eigenvalue weighted by atomic mass is 10.1. The first-order valence-corrected chi connectivity index (χ1v) is 9.32. The summed E-state index contributed by atoms with van der Waals surface area (Å²) in [6.07, 6.45) is 0. The number of hydrogen-bond acceptors (Lipinski definition) is 6. The van der Waals surface area contributed by atoms with Crippen molar-refractivity contribution in [3.63, 3.8) is 0 Å². The minimum Gasteiger partial charge on any atom is -0.324 e. The average molecular weight is 389 g/mol. The second-order valence-corrected chi connectivity index (χ2v) is 7.81. The van der Waals surface area contributed by atoms with Crippen LogP contribution < -0.4 is 5.32 Å². The second kappa shape index (κ2) is 6.47. The molecule has 2 aromatic rings. The van der Waals surface area contributed by atoms with Crippen molar-refractivity contribution in [2.24, 2.45) is 0 Å². The molecule has 0 saturated carbocycles. The van der Waals surface area contributed by atoms with Crippen molar-refractivity contribution in [3.05, 3.63) is 63.7 Å². The zero-order valence-electron chi connectivity index (χ0n) is 14.4. The number of nitro benzene ring substituents is 1. The van der Waals surface area contributed by atoms with Gasteiger partial charge in [-0.1, -0.05) is 18.2 Å². The molecule has 1 atom stereocenters. The van der Waals surface area contributed by atoms with Crippen LogP contribution in [0.4, 0.5) is 11.4 Å². The van der Waals surface area contributed by atoms with Crippen LogP contribution in [0.2, 0.25) is 0 Å². The third-order valence-corrected chi connectivity index (χ3v) is 6.19. The number of nitro groups is 1. The van der Waals surface area contributed by atoms with E-state index in [0.717, 1.165) is 0 Å². The molecule has 2 amide bonds. The SMILES string of the molecule is Cc1ccc([N+](=O)[O-])cc1NC(=O)[C@@H](C)N1C(=O)c2ccccc2S1(=O)=O. The van der Waals surface area contributed by atoms with Gasteiger partial charge < -0.3 is 5.32 Å². The van der Waals surface area contributed by atoms with Gasteiger partial charge in [0.15, 0.2) is 0 Å². The Bertz CT molecular complexity index is 1080. The Morgan fingerprint density at radius 3 is 2.52 bits per heavy atom. The molecule has 0 bridgehead atoms. The normalized spacial score (nSPS) is 15.9. The number of carbonyl (C=O) groups is 2. The average Bonchev–Trinajstić information content (AvgIpc) is 2.82. The van der Waals surface area contributed by atoms with E-state index in [1.54, 1.807) is 6.92 Å². The van der Waals surface area contributed by atoms with Gasteiger partial charge in [-0.2, -0.15) is 0 Å². The number of fused-ring (bicyclic) bond motifs is 1. The van der Waals surface area contributed by atoms with Crippen LogP contribution >= 0.6 is 0 Å². The van der Waals surface area contributed by atoms with Gasteiger partial charge in [-0.3, -0.25) is 19.7 Å². The lowest BCUT2D eigenvalue weighted by Gasteiger charge is -2.22. The van der Waals surface area contributed by atoms with Gasteiger partial charge in [0.2, 0.25) is 5.91 Å². The Morgan fingerprint density at radius 1 is 1.22 bits per heavy atom. The highest BCUT2D eigenvalue weighted by atomic mass is 32.2. The first-order chi connectivity index (χ1) is 12.6. The van der Waals surface area contributed by atoms with Crippen molar-refractivity contribution in [2.75, 3.05) is 5.32 Å². The van der Waals surface area contributed by atoms with Crippen LogP contribution in [-0.4, -0.2) is 35.5 Å². The van der Waals surface area contributed by atoms with Crippen molar-refractivity contribution in [3.8, 4) is 0 Å². The van der Waals surface area contributed by atoms with Gasteiger partial charge in [0, 0.05) is 12.1 Å². The molecule has 1 aliphatic heterocycles. The second-order valence-electron chi connectivity index (χ2n) is 6.02. The summed E-state index contributed by atoms with van der Waals surface area (Å²) >= 11 is 0. The molecule has 0 aliphatic carbocycles. The summed E-state index contributed by atoms with van der Waals surface area (Å²) < 4.78 is 25.8. The topological polar surface area (TPSA) is 127 Å². The quantitative estimate of drug-likeness (QED) is 0.630. The molecule has 0 spiro atoms. The maximum absolute atomic E-state index is 12.6. The highest BCUT2D eigenvalue weighted by Crippen LogP contribution is 2.32. The predicted molar refractivity (Wildman–Crippen MR) is 95.7 cm³/mol. The third kappa shape index (κ3) is 3.04. The number of rotatable bonds is 4. The molecule has 9 nitrogen and oxygen atoms in total. The van der Waals surface area contributed by atoms with Crippen LogP contribution in [-0.2, 0) is 14.8 Å². The molecule has 0 aromatic heterocycles. The van der Waals surface area contributed by atoms with Gasteiger partial charge in [-0.15, -0.1) is 0 Å². The summed E-state index contributed by atoms with van der Waals surface area (Å²) in [6, 6.07) is 8.30. The van der Waals surface area contributed by atoms with E-state index in [0.29, 0.717) is 9.87 Å². The van der Waals surface area contributed by atoms with Crippen LogP contribution in [0.3, 0.4) is 0 Å². The lowest BCUT2D eigenvalue weighted by Crippen LogP contribution is -2.45. The van der Waals surface area contributed by atoms with E-state index < -0.39 is 32.8 Å². The summed E-state index contributed by atoms with van der Waals surface area (Å²) in [5.41, 5.74) is 0.507. The van der Waals surface area contributed by atoms with Crippen molar-refractivity contribution in [1.82, 2.24) is 4.31 Å². The fourth-order valence-corrected chi connectivity index (χ4v) is 4.51. The van der Waals surface area contributed by atoms with E-state index >= 15 is 0 Å². The molecule has 10 heteroatoms. The fourth-order valence-electron chi connectivity index (χ4n) is 2.79. The van der Waals surface area contributed by atoms with E-state index in [9.17, 15) is 28.1 Å². The number of hydrogen-bond donors (Lipinski definition) is 1. The number of aryl methyl sites for hydroxylation is 1. The molecule has 140 valence electrons. The van der Waals surface area contributed by atoms with E-state index in [-0.39, 0.29) is 21.8 Å². The summed E-state index contributed by atoms with van der Waals surface area (Å²) in [5, 5.41) is 13.4. The Balaban J connectivity index is 1.90. The number of non-ortho nitro benzene ring substituents is 1. The van der Waals surface area contributed by atoms with E-state index in [1.165, 1.54) is 49.4 Å². The standard InChI is InChI=1S/C17H15N3O6S/c1-10-7-8-12(20(23)24)9-14(10)18-16(21)11(2)19-17(22)13-5-3-4-6-15(13)27(19,25)26/h3-9,11H,1-2H3,(H,18,21)/t11-/m1/s1. The Kier molecular flexibility index (Phi) is 4.44. The number of sulfonamides is 1. The highest BCUT2D eigenvalue weighted by molar-refractivity contribution is 7.90. The van der Waals surface area contributed by atoms with Crippen LogP contribution in [0.5, 0.6) is 0 Å². The van der Waals surface area contributed by atoms with Crippen LogP contribution in [0.15, 0.2) is 47.4 Å². The molecule has 2 aromatic carbocycles. The minimum atomic E-state index is -4.15. The first-order valence-electron chi connectivity index (χ1n) is 7.88. The summed E-state index contributed by atoms with van der Waals surface area (Å²) in [4.78, 5) is 35.2. The molecule has 0 saturated heterocycles. The van der Waals surface area contributed by atoms with Crippen molar-refractivity contribution in [1.29, 1.82) is 0 Å². The van der Waals surface area contributed by atoms with Gasteiger partial charge in [0.25, 0.3) is 21.6 Å². The number of benzene rings is 2. The van der Waals surface area contributed by atoms with E-state index in [4.69, 9.17) is 0 Å². The molecule has 1 heterocycles. The molecule has 0 fully saturated rings. The van der Waals surface area contributed by atoms with Gasteiger partial charge in [0.05, 0.1) is 16.2 Å². The maximum Gasteiger partial charge on any atom is 0.271 e. The number of anilines is 1. The highest BCUT2D eigenvalue weighted by Gasteiger charge is 2.45. The maximum atomic E-state index is 12.6. The predicted octanol–water partition coefficient (Wildman–Crippen LogP) is 2.07. The number of carbonyl (C=O) groups excluding carboxylic acids is 2. The molecule has 0 radical (unpaired) electrons. The van der Waals surface area contributed by atoms with E-state index in [2.05, 4.69) is 5.32 Å². The molecule has 1 N–H and O–H groups in total. The van der Waals surface area contributed by atoms with Crippen LogP contribution in [0, 0.1) is 17.0 Å². The summed E-state index contributed by atoms with van der Waals surface area (Å²) in [7, 11) is -4.15. The first kappa shape index (κ1) is 18.5. The van der Waals surface area contributed by atoms with Gasteiger partial charge in [-0.25, -0.2) is 12.7 Å². The number of nitrogens with zero attached hydrogens (tertiary/aromatic N) is 2. The summed E-state index contributed by atoms with van der Waals surface area (Å²) in [6.45, 7) is 2.92. The molecule has 1 aliphatic rings. The van der Waals surface area contributed by atoms with Gasteiger partial charge in [0.1, 0.15) is 10.9 Å². The van der Waals surface area contributed by atoms with Crippen molar-refractivity contribution in [2.45, 2.75) is 24.8 Å². The minimum absolute atomic E-state index is 0.00341. The molecular weight excluding hydrogens is 374 g/mol. The zero-order chi connectivity index (χ0) is 19.9. The Labute approximate surface area is 154 Å². The molecule has 0 unspecified atom stereocenters. The Morgan fingerprint density at radius 2 is 1.89 bits per heavy atom. The molecular formula is C17H15N3O6S. The van der Waals surface area contributed by atoms with Crippen LogP contribution in [0.1, 0.15) is 22.8 Å². The van der Waals surface area contributed by atoms with Crippen molar-refractivity contribution < 1.29 is 22.9 Å².